The van der Waals surface area contributed by atoms with Crippen molar-refractivity contribution in [2.75, 3.05) is 7.11 Å². The third kappa shape index (κ3) is 4.30. The maximum atomic E-state index is 13.6. The normalized spacial score (nSPS) is 21.8. The molecule has 5 nitrogen and oxygen atoms in total. The number of amides is 1. The topological polar surface area (TPSA) is 47.4 Å². The Hall–Kier alpha value is -3.05. The summed E-state index contributed by atoms with van der Waals surface area (Å²) in [4.78, 5) is 20.1. The van der Waals surface area contributed by atoms with E-state index in [0.29, 0.717) is 6.04 Å². The molecule has 5 rings (SSSR count). The Balaban J connectivity index is 1.44. The van der Waals surface area contributed by atoms with Crippen molar-refractivity contribution >= 4 is 23.6 Å². The van der Waals surface area contributed by atoms with Gasteiger partial charge in [0.05, 0.1) is 30.9 Å². The van der Waals surface area contributed by atoms with E-state index in [-0.39, 0.29) is 11.9 Å². The van der Waals surface area contributed by atoms with Crippen LogP contribution in [0.2, 0.25) is 5.02 Å². The molecule has 2 aliphatic rings. The first-order chi connectivity index (χ1) is 16.0. The van der Waals surface area contributed by atoms with Gasteiger partial charge in [-0.25, -0.2) is 4.98 Å². The number of fused-ring (bicyclic) bond motifs is 1. The number of rotatable bonds is 4. The number of hydrogen-bond acceptors (Lipinski definition) is 3. The maximum Gasteiger partial charge on any atom is 0.250 e. The molecule has 0 aliphatic carbocycles. The first-order valence-electron chi connectivity index (χ1n) is 11.5. The standard InChI is InChI=1S/C27H28ClN3O2/c1-18-16-30(17-29-18)25-13-6-19(15-26(25)33-2)14-21-9-12-23-4-3-5-24(31(23)27(21)32)20-7-10-22(28)11-8-20/h6-8,10-11,13-17,23-24H,3-5,9,12H2,1-2H3/b21-14+/t23-,24-/m1/s1. The first-order valence-corrected chi connectivity index (χ1v) is 11.9. The molecule has 0 unspecified atom stereocenters. The molecule has 2 atom stereocenters. The Morgan fingerprint density at radius 2 is 1.94 bits per heavy atom. The number of nitrogens with zero attached hydrogens (tertiary/aromatic N) is 3. The van der Waals surface area contributed by atoms with Crippen molar-refractivity contribution in [2.24, 2.45) is 0 Å². The summed E-state index contributed by atoms with van der Waals surface area (Å²) in [7, 11) is 1.67. The molecule has 0 bridgehead atoms. The van der Waals surface area contributed by atoms with Gasteiger partial charge in [0.15, 0.2) is 0 Å². The van der Waals surface area contributed by atoms with Crippen molar-refractivity contribution in [1.29, 1.82) is 0 Å². The van der Waals surface area contributed by atoms with Gasteiger partial charge < -0.3 is 14.2 Å². The lowest BCUT2D eigenvalue weighted by Crippen LogP contribution is -2.49. The Labute approximate surface area is 199 Å². The fraction of sp³-hybridized carbons (Fsp3) is 0.333. The average molecular weight is 462 g/mol. The number of ether oxygens (including phenoxy) is 1. The van der Waals surface area contributed by atoms with Crippen LogP contribution in [0.3, 0.4) is 0 Å². The summed E-state index contributed by atoms with van der Waals surface area (Å²) >= 11 is 6.10. The molecule has 0 radical (unpaired) electrons. The maximum absolute atomic E-state index is 13.6. The van der Waals surface area contributed by atoms with Crippen molar-refractivity contribution < 1.29 is 9.53 Å². The lowest BCUT2D eigenvalue weighted by molar-refractivity contribution is -0.136. The summed E-state index contributed by atoms with van der Waals surface area (Å²) in [6, 6.07) is 14.4. The van der Waals surface area contributed by atoms with Gasteiger partial charge in [0.1, 0.15) is 5.75 Å². The third-order valence-electron chi connectivity index (χ3n) is 6.79. The van der Waals surface area contributed by atoms with E-state index < -0.39 is 0 Å². The minimum atomic E-state index is 0.110. The molecule has 170 valence electrons. The molecule has 3 heterocycles. The lowest BCUT2D eigenvalue weighted by Gasteiger charge is -2.46. The van der Waals surface area contributed by atoms with Crippen LogP contribution in [-0.2, 0) is 4.79 Å². The molecule has 2 aromatic carbocycles. The molecular formula is C27H28ClN3O2. The molecule has 33 heavy (non-hydrogen) atoms. The van der Waals surface area contributed by atoms with E-state index in [1.54, 1.807) is 13.4 Å². The number of imidazole rings is 1. The van der Waals surface area contributed by atoms with E-state index in [2.05, 4.69) is 22.0 Å². The number of aryl methyl sites for hydroxylation is 1. The van der Waals surface area contributed by atoms with Crippen LogP contribution in [0.5, 0.6) is 5.75 Å². The fourth-order valence-electron chi connectivity index (χ4n) is 5.16. The Morgan fingerprint density at radius 3 is 2.67 bits per heavy atom. The highest BCUT2D eigenvalue weighted by Gasteiger charge is 2.39. The molecule has 1 aromatic heterocycles. The summed E-state index contributed by atoms with van der Waals surface area (Å²) in [5.41, 5.74) is 4.87. The van der Waals surface area contributed by atoms with Crippen molar-refractivity contribution in [1.82, 2.24) is 14.5 Å². The van der Waals surface area contributed by atoms with Crippen LogP contribution in [0.4, 0.5) is 0 Å². The van der Waals surface area contributed by atoms with Gasteiger partial charge in [-0.15, -0.1) is 0 Å². The Morgan fingerprint density at radius 1 is 1.12 bits per heavy atom. The number of carbonyl (C=O) groups excluding carboxylic acids is 1. The third-order valence-corrected chi connectivity index (χ3v) is 7.04. The van der Waals surface area contributed by atoms with Gasteiger partial charge in [0.25, 0.3) is 5.91 Å². The molecule has 2 aliphatic heterocycles. The van der Waals surface area contributed by atoms with Crippen LogP contribution in [0.15, 0.2) is 60.6 Å². The highest BCUT2D eigenvalue weighted by atomic mass is 35.5. The van der Waals surface area contributed by atoms with Gasteiger partial charge in [0, 0.05) is 22.8 Å². The zero-order chi connectivity index (χ0) is 22.9. The van der Waals surface area contributed by atoms with Crippen molar-refractivity contribution in [2.45, 2.75) is 51.1 Å². The van der Waals surface area contributed by atoms with E-state index in [1.165, 1.54) is 5.56 Å². The number of hydrogen-bond donors (Lipinski definition) is 0. The zero-order valence-corrected chi connectivity index (χ0v) is 19.8. The van der Waals surface area contributed by atoms with Gasteiger partial charge in [-0.1, -0.05) is 29.8 Å². The van der Waals surface area contributed by atoms with Crippen molar-refractivity contribution in [3.63, 3.8) is 0 Å². The molecule has 0 saturated carbocycles. The molecule has 1 amide bonds. The minimum absolute atomic E-state index is 0.110. The molecule has 0 spiro atoms. The van der Waals surface area contributed by atoms with Gasteiger partial charge in [0.2, 0.25) is 0 Å². The van der Waals surface area contributed by atoms with E-state index >= 15 is 0 Å². The van der Waals surface area contributed by atoms with Crippen molar-refractivity contribution in [3.05, 3.63) is 82.4 Å². The summed E-state index contributed by atoms with van der Waals surface area (Å²) in [6.45, 7) is 1.96. The minimum Gasteiger partial charge on any atom is -0.495 e. The molecular weight excluding hydrogens is 434 g/mol. The molecule has 0 N–H and O–H groups in total. The summed E-state index contributed by atoms with van der Waals surface area (Å²) < 4.78 is 7.60. The molecule has 3 aromatic rings. The van der Waals surface area contributed by atoms with Gasteiger partial charge >= 0.3 is 0 Å². The largest absolute Gasteiger partial charge is 0.495 e. The van der Waals surface area contributed by atoms with Crippen LogP contribution in [0.25, 0.3) is 11.8 Å². The van der Waals surface area contributed by atoms with Gasteiger partial charge in [-0.05, 0) is 80.5 Å². The first kappa shape index (κ1) is 21.8. The highest BCUT2D eigenvalue weighted by molar-refractivity contribution is 6.30. The van der Waals surface area contributed by atoms with Crippen LogP contribution >= 0.6 is 11.6 Å². The van der Waals surface area contributed by atoms with E-state index in [0.717, 1.165) is 65.4 Å². The van der Waals surface area contributed by atoms with Gasteiger partial charge in [-0.2, -0.15) is 0 Å². The number of halogens is 1. The van der Waals surface area contributed by atoms with Crippen LogP contribution in [0, 0.1) is 6.92 Å². The quantitative estimate of drug-likeness (QED) is 0.438. The molecule has 6 heteroatoms. The number of methoxy groups -OCH3 is 1. The monoisotopic (exact) mass is 461 g/mol. The predicted octanol–water partition coefficient (Wildman–Crippen LogP) is 6.14. The van der Waals surface area contributed by atoms with E-state index in [1.807, 2.05) is 54.1 Å². The summed E-state index contributed by atoms with van der Waals surface area (Å²) in [6.07, 6.45) is 10.8. The molecule has 2 saturated heterocycles. The van der Waals surface area contributed by atoms with Crippen LogP contribution in [0.1, 0.15) is 55.0 Å². The summed E-state index contributed by atoms with van der Waals surface area (Å²) in [5, 5.41) is 0.722. The average Bonchev–Trinajstić information content (AvgIpc) is 3.27. The smallest absolute Gasteiger partial charge is 0.250 e. The number of aromatic nitrogens is 2. The Bertz CT molecular complexity index is 1200. The van der Waals surface area contributed by atoms with E-state index in [9.17, 15) is 4.79 Å². The highest BCUT2D eigenvalue weighted by Crippen LogP contribution is 2.41. The van der Waals surface area contributed by atoms with Crippen molar-refractivity contribution in [3.8, 4) is 11.4 Å². The number of piperidine rings is 2. The van der Waals surface area contributed by atoms with E-state index in [4.69, 9.17) is 16.3 Å². The second-order valence-electron chi connectivity index (χ2n) is 8.93. The second kappa shape index (κ2) is 9.06. The second-order valence-corrected chi connectivity index (χ2v) is 9.36. The zero-order valence-electron chi connectivity index (χ0n) is 19.0. The number of carbonyl (C=O) groups is 1. The predicted molar refractivity (Wildman–Crippen MR) is 131 cm³/mol. The lowest BCUT2D eigenvalue weighted by atomic mass is 9.84. The fourth-order valence-corrected chi connectivity index (χ4v) is 5.29. The molecule has 2 fully saturated rings. The van der Waals surface area contributed by atoms with Crippen LogP contribution in [-0.4, -0.2) is 33.5 Å². The van der Waals surface area contributed by atoms with Gasteiger partial charge in [-0.3, -0.25) is 4.79 Å². The summed E-state index contributed by atoms with van der Waals surface area (Å²) in [5.74, 6) is 0.902. The Kier molecular flexibility index (Phi) is 5.98. The SMILES string of the molecule is COc1cc(/C=C2\CC[C@H]3CCC[C@H](c4ccc(Cl)cc4)N3C2=O)ccc1-n1cnc(C)c1. The van der Waals surface area contributed by atoms with Crippen LogP contribution < -0.4 is 4.74 Å². The number of benzene rings is 2.